The summed E-state index contributed by atoms with van der Waals surface area (Å²) in [6.45, 7) is 1.25. The third-order valence-corrected chi connectivity index (χ3v) is 9.69. The number of benzene rings is 6. The fourth-order valence-electron chi connectivity index (χ4n) is 7.03. The van der Waals surface area contributed by atoms with Crippen molar-refractivity contribution in [1.82, 2.24) is 0 Å². The molecule has 0 N–H and O–H groups in total. The van der Waals surface area contributed by atoms with Gasteiger partial charge in [0.05, 0.1) is 26.4 Å². The molecular weight excluding hydrogens is 661 g/mol. The molecule has 270 valence electrons. The van der Waals surface area contributed by atoms with Gasteiger partial charge in [0.25, 0.3) is 0 Å². The molecule has 6 heteroatoms. The van der Waals surface area contributed by atoms with Crippen LogP contribution in [-0.2, 0) is 53.8 Å². The van der Waals surface area contributed by atoms with Crippen LogP contribution in [-0.4, -0.2) is 44.4 Å². The van der Waals surface area contributed by atoms with Crippen molar-refractivity contribution in [1.29, 1.82) is 0 Å². The van der Waals surface area contributed by atoms with Crippen LogP contribution >= 0.6 is 0 Å². The molecule has 6 nitrogen and oxygen atoms in total. The average Bonchev–Trinajstić information content (AvgIpc) is 3.59. The van der Waals surface area contributed by atoms with Crippen LogP contribution in [0.5, 0.6) is 0 Å². The number of rotatable bonds is 17. The lowest BCUT2D eigenvalue weighted by Gasteiger charge is -2.38. The number of ether oxygens (including phenoxy) is 6. The highest BCUT2D eigenvalue weighted by Gasteiger charge is 2.51. The zero-order chi connectivity index (χ0) is 36.1. The van der Waals surface area contributed by atoms with E-state index in [0.717, 1.165) is 33.4 Å². The Hall–Kier alpha value is -4.92. The second-order valence-electron chi connectivity index (χ2n) is 13.2. The van der Waals surface area contributed by atoms with E-state index in [1.165, 1.54) is 0 Å². The zero-order valence-electron chi connectivity index (χ0n) is 30.0. The minimum absolute atomic E-state index is 0.170. The first-order chi connectivity index (χ1) is 26.2. The van der Waals surface area contributed by atoms with Crippen molar-refractivity contribution in [3.8, 4) is 0 Å². The van der Waals surface area contributed by atoms with Gasteiger partial charge in [-0.25, -0.2) is 0 Å². The minimum Gasteiger partial charge on any atom is -0.368 e. The maximum absolute atomic E-state index is 7.35. The summed E-state index contributed by atoms with van der Waals surface area (Å²) in [5, 5.41) is 0. The van der Waals surface area contributed by atoms with E-state index in [1.807, 2.05) is 121 Å². The highest BCUT2D eigenvalue weighted by molar-refractivity contribution is 5.47. The van der Waals surface area contributed by atoms with Crippen molar-refractivity contribution >= 4 is 0 Å². The Bertz CT molecular complexity index is 1810. The lowest BCUT2D eigenvalue weighted by molar-refractivity contribution is -0.190. The molecule has 0 unspecified atom stereocenters. The Morgan fingerprint density at radius 2 is 0.868 bits per heavy atom. The summed E-state index contributed by atoms with van der Waals surface area (Å²) < 4.78 is 40.4. The largest absolute Gasteiger partial charge is 0.368 e. The number of hydrogen-bond acceptors (Lipinski definition) is 6. The number of methoxy groups -OCH3 is 1. The quantitative estimate of drug-likeness (QED) is 0.0883. The fourth-order valence-corrected chi connectivity index (χ4v) is 7.03. The van der Waals surface area contributed by atoms with Crippen molar-refractivity contribution in [2.75, 3.05) is 13.7 Å². The van der Waals surface area contributed by atoms with Crippen LogP contribution in [0.25, 0.3) is 0 Å². The summed E-state index contributed by atoms with van der Waals surface area (Å²) in [5.41, 5.74) is 5.18. The Balaban J connectivity index is 1.26. The van der Waals surface area contributed by atoms with Crippen LogP contribution in [0.4, 0.5) is 0 Å². The van der Waals surface area contributed by atoms with Crippen molar-refractivity contribution in [2.24, 2.45) is 0 Å². The smallest absolute Gasteiger partial charge is 0.186 e. The van der Waals surface area contributed by atoms with Crippen molar-refractivity contribution in [2.45, 2.75) is 56.1 Å². The second kappa shape index (κ2) is 18.2. The second-order valence-corrected chi connectivity index (χ2v) is 13.2. The molecule has 1 aliphatic rings. The fraction of sp³-hybridized carbons (Fsp3) is 0.234. The standard InChI is InChI=1S/C47H46O6/c1-48-46-45(51-34-38-24-12-4-13-25-38)44(50-33-37-22-10-3-11-23-37)43(53-46)42(49-32-36-20-8-2-9-21-36)35-52-47(39-26-14-5-15-27-39,40-28-16-6-17-29-40)41-30-18-7-19-31-41/h2-31,42-46H,32-35H2,1H3/t42-,43+,44+,45-,46-/m1/s1. The van der Waals surface area contributed by atoms with Crippen molar-refractivity contribution in [3.05, 3.63) is 215 Å². The first-order valence-corrected chi connectivity index (χ1v) is 18.2. The molecule has 6 aromatic rings. The molecule has 0 saturated carbocycles. The molecule has 1 saturated heterocycles. The summed E-state index contributed by atoms with van der Waals surface area (Å²) in [4.78, 5) is 0. The van der Waals surface area contributed by atoms with Crippen LogP contribution in [0.15, 0.2) is 182 Å². The molecule has 0 bridgehead atoms. The SMILES string of the molecule is CO[C@@H]1O[C@@H]([C@@H](COC(c2ccccc2)(c2ccccc2)c2ccccc2)OCc2ccccc2)[C@H](OCc2ccccc2)[C@H]1OCc1ccccc1. The van der Waals surface area contributed by atoms with E-state index in [0.29, 0.717) is 19.8 Å². The highest BCUT2D eigenvalue weighted by atomic mass is 16.7. The van der Waals surface area contributed by atoms with E-state index in [1.54, 1.807) is 7.11 Å². The summed E-state index contributed by atoms with van der Waals surface area (Å²) in [6, 6.07) is 61.5. The minimum atomic E-state index is -0.957. The maximum atomic E-state index is 7.35. The van der Waals surface area contributed by atoms with Gasteiger partial charge < -0.3 is 28.4 Å². The van der Waals surface area contributed by atoms with Crippen LogP contribution in [0.2, 0.25) is 0 Å². The summed E-state index contributed by atoms with van der Waals surface area (Å²) >= 11 is 0. The van der Waals surface area contributed by atoms with Crippen LogP contribution < -0.4 is 0 Å². The van der Waals surface area contributed by atoms with Gasteiger partial charge in [-0.05, 0) is 33.4 Å². The molecule has 0 radical (unpaired) electrons. The molecule has 0 amide bonds. The Morgan fingerprint density at radius 1 is 0.491 bits per heavy atom. The monoisotopic (exact) mass is 706 g/mol. The molecule has 6 aromatic carbocycles. The van der Waals surface area contributed by atoms with E-state index in [4.69, 9.17) is 28.4 Å². The lowest BCUT2D eigenvalue weighted by Crippen LogP contribution is -2.46. The van der Waals surface area contributed by atoms with Crippen LogP contribution in [0, 0.1) is 0 Å². The Labute approximate surface area is 312 Å². The summed E-state index contributed by atoms with van der Waals surface area (Å²) in [6.07, 6.45) is -2.98. The summed E-state index contributed by atoms with van der Waals surface area (Å²) in [7, 11) is 1.64. The predicted octanol–water partition coefficient (Wildman–Crippen LogP) is 9.12. The van der Waals surface area contributed by atoms with Gasteiger partial charge in [-0.2, -0.15) is 0 Å². The molecule has 5 atom stereocenters. The van der Waals surface area contributed by atoms with Crippen molar-refractivity contribution in [3.63, 3.8) is 0 Å². The molecule has 1 aliphatic heterocycles. The first kappa shape index (κ1) is 36.4. The molecule has 0 aromatic heterocycles. The van der Waals surface area contributed by atoms with Crippen LogP contribution in [0.1, 0.15) is 33.4 Å². The maximum Gasteiger partial charge on any atom is 0.186 e. The highest BCUT2D eigenvalue weighted by Crippen LogP contribution is 2.41. The predicted molar refractivity (Wildman–Crippen MR) is 206 cm³/mol. The molecule has 0 aliphatic carbocycles. The molecule has 1 heterocycles. The molecular formula is C47H46O6. The van der Waals surface area contributed by atoms with Gasteiger partial charge in [-0.3, -0.25) is 0 Å². The van der Waals surface area contributed by atoms with Gasteiger partial charge in [0.15, 0.2) is 6.29 Å². The van der Waals surface area contributed by atoms with Gasteiger partial charge >= 0.3 is 0 Å². The van der Waals surface area contributed by atoms with E-state index in [2.05, 4.69) is 60.7 Å². The normalized spacial score (nSPS) is 19.2. The Morgan fingerprint density at radius 3 is 1.28 bits per heavy atom. The average molecular weight is 707 g/mol. The van der Waals surface area contributed by atoms with Crippen LogP contribution in [0.3, 0.4) is 0 Å². The molecule has 53 heavy (non-hydrogen) atoms. The van der Waals surface area contributed by atoms with Gasteiger partial charge in [0.2, 0.25) is 0 Å². The van der Waals surface area contributed by atoms with E-state index in [9.17, 15) is 0 Å². The van der Waals surface area contributed by atoms with Gasteiger partial charge in [0.1, 0.15) is 30.0 Å². The first-order valence-electron chi connectivity index (χ1n) is 18.2. The van der Waals surface area contributed by atoms with Crippen molar-refractivity contribution < 1.29 is 28.4 Å². The molecule has 1 fully saturated rings. The van der Waals surface area contributed by atoms with Gasteiger partial charge in [-0.15, -0.1) is 0 Å². The number of hydrogen-bond donors (Lipinski definition) is 0. The van der Waals surface area contributed by atoms with E-state index >= 15 is 0 Å². The summed E-state index contributed by atoms with van der Waals surface area (Å²) in [5.74, 6) is 0. The zero-order valence-corrected chi connectivity index (χ0v) is 30.0. The van der Waals surface area contributed by atoms with Gasteiger partial charge in [-0.1, -0.05) is 182 Å². The van der Waals surface area contributed by atoms with E-state index < -0.39 is 36.3 Å². The van der Waals surface area contributed by atoms with E-state index in [-0.39, 0.29) is 6.61 Å². The Kier molecular flexibility index (Phi) is 12.5. The lowest BCUT2D eigenvalue weighted by atomic mass is 9.80. The third-order valence-electron chi connectivity index (χ3n) is 9.69. The molecule has 7 rings (SSSR count). The third kappa shape index (κ3) is 8.83. The van der Waals surface area contributed by atoms with Gasteiger partial charge in [0, 0.05) is 7.11 Å². The topological polar surface area (TPSA) is 55.4 Å². The molecule has 0 spiro atoms.